The molecule has 14 N–H and O–H groups in total. The van der Waals surface area contributed by atoms with Crippen molar-refractivity contribution in [3.63, 3.8) is 0 Å². The molecule has 5 unspecified atom stereocenters. The van der Waals surface area contributed by atoms with Gasteiger partial charge in [0.05, 0.1) is 18.6 Å². The van der Waals surface area contributed by atoms with Gasteiger partial charge in [0.1, 0.15) is 18.1 Å². The molecule has 0 aromatic heterocycles. The predicted molar refractivity (Wildman–Crippen MR) is 128 cm³/mol. The lowest BCUT2D eigenvalue weighted by Crippen LogP contribution is -2.60. The number of hydrogen-bond acceptors (Lipinski definition) is 9. The van der Waals surface area contributed by atoms with Crippen LogP contribution < -0.4 is 38.9 Å². The van der Waals surface area contributed by atoms with E-state index in [0.717, 1.165) is 6.92 Å². The molecule has 0 bridgehead atoms. The number of nitrogens with one attached hydrogen (secondary N) is 3. The van der Waals surface area contributed by atoms with Crippen LogP contribution in [0.4, 0.5) is 0 Å². The fourth-order valence-electron chi connectivity index (χ4n) is 2.99. The third-order valence-electron chi connectivity index (χ3n) is 4.94. The minimum Gasteiger partial charge on any atom is -0.481 e. The Labute approximate surface area is 208 Å². The molecule has 0 aromatic rings. The molecule has 0 saturated carbocycles. The molecule has 5 atom stereocenters. The van der Waals surface area contributed by atoms with E-state index >= 15 is 0 Å². The highest BCUT2D eigenvalue weighted by molar-refractivity contribution is 5.94. The number of aliphatic imine (C=N–C) groups is 1. The van der Waals surface area contributed by atoms with E-state index in [2.05, 4.69) is 15.6 Å². The highest BCUT2D eigenvalue weighted by Gasteiger charge is 2.33. The first-order chi connectivity index (χ1) is 16.8. The highest BCUT2D eigenvalue weighted by Crippen LogP contribution is 2.05. The Morgan fingerprint density at radius 1 is 0.861 bits per heavy atom. The van der Waals surface area contributed by atoms with Crippen molar-refractivity contribution >= 4 is 35.6 Å². The second-order valence-corrected chi connectivity index (χ2v) is 8.13. The Morgan fingerprint density at radius 3 is 1.97 bits per heavy atom. The van der Waals surface area contributed by atoms with E-state index in [9.17, 15) is 29.1 Å². The molecule has 3 amide bonds. The summed E-state index contributed by atoms with van der Waals surface area (Å²) in [6.07, 6.45) is -0.550. The van der Waals surface area contributed by atoms with E-state index in [4.69, 9.17) is 33.1 Å². The lowest BCUT2D eigenvalue weighted by Gasteiger charge is -2.26. The number of carbonyl (C=O) groups is 5. The summed E-state index contributed by atoms with van der Waals surface area (Å²) < 4.78 is 0. The molecule has 0 aromatic carbocycles. The van der Waals surface area contributed by atoms with Gasteiger partial charge in [-0.25, -0.2) is 4.79 Å². The van der Waals surface area contributed by atoms with E-state index in [1.165, 1.54) is 0 Å². The van der Waals surface area contributed by atoms with Crippen LogP contribution >= 0.6 is 0 Å². The number of aliphatic hydroxyl groups excluding tert-OH is 1. The van der Waals surface area contributed by atoms with Crippen molar-refractivity contribution in [3.8, 4) is 0 Å². The van der Waals surface area contributed by atoms with E-state index in [-0.39, 0.29) is 25.3 Å². The molecule has 0 aliphatic carbocycles. The van der Waals surface area contributed by atoms with Crippen molar-refractivity contribution in [2.45, 2.75) is 75.7 Å². The molecule has 206 valence electrons. The van der Waals surface area contributed by atoms with Crippen LogP contribution in [0.5, 0.6) is 0 Å². The molecule has 0 aliphatic heterocycles. The number of nitrogens with two attached hydrogens (primary N) is 4. The third kappa shape index (κ3) is 13.4. The maximum absolute atomic E-state index is 12.9. The summed E-state index contributed by atoms with van der Waals surface area (Å²) in [5, 5.41) is 34.7. The fourth-order valence-corrected chi connectivity index (χ4v) is 2.99. The summed E-state index contributed by atoms with van der Waals surface area (Å²) >= 11 is 0. The number of nitrogens with zero attached hydrogens (tertiary/aromatic N) is 1. The zero-order chi connectivity index (χ0) is 27.8. The van der Waals surface area contributed by atoms with Crippen LogP contribution in [-0.4, -0.2) is 94.3 Å². The second-order valence-electron chi connectivity index (χ2n) is 8.13. The lowest BCUT2D eigenvalue weighted by molar-refractivity contribution is -0.148. The Kier molecular flexibility index (Phi) is 15.4. The normalized spacial score (nSPS) is 14.9. The highest BCUT2D eigenvalue weighted by atomic mass is 16.4. The van der Waals surface area contributed by atoms with Crippen LogP contribution in [0.3, 0.4) is 0 Å². The number of guanidine groups is 1. The maximum Gasteiger partial charge on any atom is 0.326 e. The summed E-state index contributed by atoms with van der Waals surface area (Å²) in [5.74, 6) is -5.88. The summed E-state index contributed by atoms with van der Waals surface area (Å²) in [6, 6.07) is -5.57. The number of hydrogen-bond donors (Lipinski definition) is 10. The average molecular weight is 519 g/mol. The molecule has 0 aliphatic rings. The number of carboxylic acid groups (broad SMARTS) is 2. The van der Waals surface area contributed by atoms with Crippen molar-refractivity contribution in [3.05, 3.63) is 0 Å². The fraction of sp³-hybridized carbons (Fsp3) is 0.700. The summed E-state index contributed by atoms with van der Waals surface area (Å²) in [4.78, 5) is 63.9. The van der Waals surface area contributed by atoms with Crippen molar-refractivity contribution < 1.29 is 39.3 Å². The first-order valence-electron chi connectivity index (χ1n) is 11.3. The molecule has 0 fully saturated rings. The largest absolute Gasteiger partial charge is 0.481 e. The minimum absolute atomic E-state index is 0.0365. The Bertz CT molecular complexity index is 788. The number of aliphatic carboxylic acids is 2. The number of carbonyl (C=O) groups excluding carboxylic acids is 3. The smallest absolute Gasteiger partial charge is 0.326 e. The Hall–Kier alpha value is -3.50. The molecule has 36 heavy (non-hydrogen) atoms. The van der Waals surface area contributed by atoms with E-state index in [1.54, 1.807) is 0 Å². The maximum atomic E-state index is 12.9. The van der Waals surface area contributed by atoms with Gasteiger partial charge in [0, 0.05) is 6.54 Å². The van der Waals surface area contributed by atoms with Gasteiger partial charge in [0.15, 0.2) is 5.96 Å². The molecule has 0 radical (unpaired) electrons. The van der Waals surface area contributed by atoms with Crippen LogP contribution in [0.15, 0.2) is 4.99 Å². The third-order valence-corrected chi connectivity index (χ3v) is 4.94. The van der Waals surface area contributed by atoms with Crippen LogP contribution in [-0.2, 0) is 24.0 Å². The molecule has 0 rings (SSSR count). The van der Waals surface area contributed by atoms with E-state index in [0.29, 0.717) is 25.8 Å². The van der Waals surface area contributed by atoms with Crippen LogP contribution in [0.1, 0.15) is 45.4 Å². The standard InChI is InChI=1S/C20H38N8O8/c1-10(29)15(18(34)27-13(19(35)36)9-14(30)31)28-17(33)12(6-4-8-25-20(23)24)26-16(32)11(22)5-2-3-7-21/h10-13,15,29H,2-9,21-22H2,1H3,(H,26,32)(H,27,34)(H,28,33)(H,30,31)(H,35,36)(H4,23,24,25). The molecular formula is C20H38N8O8. The van der Waals surface area contributed by atoms with Crippen LogP contribution in [0.25, 0.3) is 0 Å². The Balaban J connectivity index is 5.50. The van der Waals surface area contributed by atoms with Crippen molar-refractivity contribution in [1.29, 1.82) is 0 Å². The predicted octanol–water partition coefficient (Wildman–Crippen LogP) is -4.11. The zero-order valence-electron chi connectivity index (χ0n) is 20.2. The molecule has 16 heteroatoms. The first kappa shape index (κ1) is 32.5. The van der Waals surface area contributed by atoms with Gasteiger partial charge in [0.2, 0.25) is 17.7 Å². The summed E-state index contributed by atoms with van der Waals surface area (Å²) in [5.41, 5.74) is 21.9. The van der Waals surface area contributed by atoms with Gasteiger partial charge in [-0.1, -0.05) is 6.42 Å². The number of carboxylic acids is 2. The first-order valence-corrected chi connectivity index (χ1v) is 11.3. The van der Waals surface area contributed by atoms with Crippen molar-refractivity contribution in [2.75, 3.05) is 13.1 Å². The number of aliphatic hydroxyl groups is 1. The molecule has 16 nitrogen and oxygen atoms in total. The van der Waals surface area contributed by atoms with Crippen LogP contribution in [0.2, 0.25) is 0 Å². The molecule has 0 heterocycles. The average Bonchev–Trinajstić information content (AvgIpc) is 2.77. The quantitative estimate of drug-likeness (QED) is 0.0470. The molecular weight excluding hydrogens is 480 g/mol. The number of rotatable bonds is 18. The second kappa shape index (κ2) is 17.0. The zero-order valence-corrected chi connectivity index (χ0v) is 20.2. The van der Waals surface area contributed by atoms with Gasteiger partial charge in [-0.15, -0.1) is 0 Å². The SMILES string of the molecule is CC(O)C(NC(=O)C(CCCN=C(N)N)NC(=O)C(N)CCCCN)C(=O)NC(CC(=O)O)C(=O)O. The van der Waals surface area contributed by atoms with Gasteiger partial charge in [-0.2, -0.15) is 0 Å². The topological polar surface area (TPSA) is 299 Å². The number of unbranched alkanes of at least 4 members (excludes halogenated alkanes) is 1. The number of amides is 3. The molecule has 0 saturated heterocycles. The summed E-state index contributed by atoms with van der Waals surface area (Å²) in [7, 11) is 0. The monoisotopic (exact) mass is 518 g/mol. The van der Waals surface area contributed by atoms with Crippen molar-refractivity contribution in [1.82, 2.24) is 16.0 Å². The Morgan fingerprint density at radius 2 is 1.47 bits per heavy atom. The van der Waals surface area contributed by atoms with Gasteiger partial charge in [-0.3, -0.25) is 24.2 Å². The minimum atomic E-state index is -1.80. The van der Waals surface area contributed by atoms with E-state index < -0.39 is 66.4 Å². The van der Waals surface area contributed by atoms with Crippen molar-refractivity contribution in [2.24, 2.45) is 27.9 Å². The van der Waals surface area contributed by atoms with Gasteiger partial charge >= 0.3 is 11.9 Å². The van der Waals surface area contributed by atoms with E-state index in [1.807, 2.05) is 5.32 Å². The summed E-state index contributed by atoms with van der Waals surface area (Å²) in [6.45, 7) is 1.74. The van der Waals surface area contributed by atoms with Gasteiger partial charge in [-0.05, 0) is 39.2 Å². The van der Waals surface area contributed by atoms with Crippen LogP contribution in [0, 0.1) is 0 Å². The van der Waals surface area contributed by atoms with Gasteiger partial charge in [0.25, 0.3) is 0 Å². The lowest BCUT2D eigenvalue weighted by atomic mass is 10.1. The molecule has 0 spiro atoms. The van der Waals surface area contributed by atoms with Gasteiger partial charge < -0.3 is 54.2 Å².